The lowest BCUT2D eigenvalue weighted by atomic mass is 10.1. The fourth-order valence-corrected chi connectivity index (χ4v) is 5.12. The van der Waals surface area contributed by atoms with Crippen LogP contribution in [-0.4, -0.2) is 69.9 Å². The Morgan fingerprint density at radius 2 is 1.26 bits per heavy atom. The SMILES string of the molecule is COc1ccc([N+](=O)[O-])cc1Nc1nc(Nc2cc([N+](=O)[O-])ccc2OC)nc(NN2C(=O)/C(=C\c3ccc(N(C)C)cc3)N=C2c2ccccc2)n1. The predicted molar refractivity (Wildman–Crippen MR) is 198 cm³/mol. The van der Waals surface area contributed by atoms with Gasteiger partial charge < -0.3 is 25.0 Å². The molecule has 0 aliphatic carbocycles. The highest BCUT2D eigenvalue weighted by atomic mass is 16.6. The van der Waals surface area contributed by atoms with Gasteiger partial charge in [0.2, 0.25) is 17.8 Å². The van der Waals surface area contributed by atoms with Crippen LogP contribution in [0.1, 0.15) is 11.1 Å². The van der Waals surface area contributed by atoms with E-state index in [1.54, 1.807) is 30.3 Å². The number of anilines is 6. The predicted octanol–water partition coefficient (Wildman–Crippen LogP) is 5.92. The normalized spacial score (nSPS) is 13.0. The van der Waals surface area contributed by atoms with E-state index < -0.39 is 15.8 Å². The molecule has 6 rings (SSSR count). The smallest absolute Gasteiger partial charge is 0.297 e. The molecule has 0 fully saturated rings. The van der Waals surface area contributed by atoms with E-state index in [0.29, 0.717) is 5.56 Å². The molecule has 18 heteroatoms. The van der Waals surface area contributed by atoms with Crippen LogP contribution in [0.5, 0.6) is 11.5 Å². The van der Waals surface area contributed by atoms with Crippen molar-refractivity contribution < 1.29 is 24.1 Å². The molecule has 0 radical (unpaired) electrons. The minimum Gasteiger partial charge on any atom is -0.495 e. The third-order valence-electron chi connectivity index (χ3n) is 7.73. The van der Waals surface area contributed by atoms with Gasteiger partial charge in [-0.1, -0.05) is 42.5 Å². The highest BCUT2D eigenvalue weighted by Crippen LogP contribution is 2.34. The highest BCUT2D eigenvalue weighted by Gasteiger charge is 2.32. The van der Waals surface area contributed by atoms with Crippen molar-refractivity contribution in [2.75, 3.05) is 49.3 Å². The number of nitro groups is 2. The van der Waals surface area contributed by atoms with Crippen molar-refractivity contribution in [1.82, 2.24) is 20.0 Å². The summed E-state index contributed by atoms with van der Waals surface area (Å²) in [5, 5.41) is 30.2. The lowest BCUT2D eigenvalue weighted by molar-refractivity contribution is -0.385. The van der Waals surface area contributed by atoms with Crippen LogP contribution in [-0.2, 0) is 4.79 Å². The minimum absolute atomic E-state index is 0.127. The molecule has 1 aromatic heterocycles. The Hall–Kier alpha value is -7.63. The fourth-order valence-electron chi connectivity index (χ4n) is 5.12. The Bertz CT molecular complexity index is 2180. The number of hydrazine groups is 1. The van der Waals surface area contributed by atoms with Gasteiger partial charge in [-0.2, -0.15) is 20.0 Å². The van der Waals surface area contributed by atoms with Crippen LogP contribution < -0.4 is 30.4 Å². The Kier molecular flexibility index (Phi) is 10.0. The molecule has 0 unspecified atom stereocenters. The van der Waals surface area contributed by atoms with E-state index in [1.807, 2.05) is 49.3 Å². The molecule has 18 nitrogen and oxygen atoms in total. The second kappa shape index (κ2) is 15.1. The molecule has 5 aromatic rings. The number of non-ortho nitro benzene ring substituents is 2. The van der Waals surface area contributed by atoms with Crippen molar-refractivity contribution in [3.8, 4) is 11.5 Å². The van der Waals surface area contributed by atoms with Gasteiger partial charge in [0.15, 0.2) is 5.84 Å². The maximum atomic E-state index is 14.0. The summed E-state index contributed by atoms with van der Waals surface area (Å²) in [7, 11) is 6.63. The molecule has 1 aliphatic rings. The lowest BCUT2D eigenvalue weighted by Crippen LogP contribution is -2.38. The van der Waals surface area contributed by atoms with Crippen LogP contribution in [0.2, 0.25) is 0 Å². The van der Waals surface area contributed by atoms with Crippen LogP contribution in [0.3, 0.4) is 0 Å². The number of hydrogen-bond acceptors (Lipinski definition) is 15. The van der Waals surface area contributed by atoms with Gasteiger partial charge in [0, 0.05) is 49.6 Å². The number of ether oxygens (including phenoxy) is 2. The summed E-state index contributed by atoms with van der Waals surface area (Å²) in [6.45, 7) is 0. The topological polar surface area (TPSA) is 215 Å². The molecule has 268 valence electrons. The Morgan fingerprint density at radius 1 is 0.736 bits per heavy atom. The molecule has 1 aliphatic heterocycles. The molecular weight excluding hydrogens is 686 g/mol. The van der Waals surface area contributed by atoms with Gasteiger partial charge in [-0.05, 0) is 35.9 Å². The molecule has 0 saturated heterocycles. The van der Waals surface area contributed by atoms with Crippen LogP contribution >= 0.6 is 0 Å². The number of benzene rings is 4. The summed E-state index contributed by atoms with van der Waals surface area (Å²) >= 11 is 0. The summed E-state index contributed by atoms with van der Waals surface area (Å²) in [6.07, 6.45) is 1.66. The number of aromatic nitrogens is 3. The van der Waals surface area contributed by atoms with E-state index in [-0.39, 0.29) is 63.6 Å². The summed E-state index contributed by atoms with van der Waals surface area (Å²) in [6, 6.07) is 24.4. The number of rotatable bonds is 13. The van der Waals surface area contributed by atoms with Crippen molar-refractivity contribution in [2.24, 2.45) is 4.99 Å². The standard InChI is InChI=1S/C35H31N11O7/c1-43(2)23-12-10-21(11-13-23)18-28-32(47)44(31(36-28)22-8-6-5-7-9-22)42-35-40-33(37-26-19-24(45(48)49)14-16-29(26)52-3)39-34(41-35)38-27-20-25(46(50)51)15-17-30(27)53-4/h5-20H,1-4H3,(H3,37,38,39,40,41,42)/b28-18+. The molecule has 0 bridgehead atoms. The van der Waals surface area contributed by atoms with Gasteiger partial charge in [0.1, 0.15) is 17.2 Å². The number of nitrogens with one attached hydrogen (secondary N) is 3. The van der Waals surface area contributed by atoms with Crippen molar-refractivity contribution >= 4 is 64.1 Å². The Labute approximate surface area is 301 Å². The van der Waals surface area contributed by atoms with E-state index in [9.17, 15) is 25.0 Å². The zero-order valence-corrected chi connectivity index (χ0v) is 28.7. The first-order valence-electron chi connectivity index (χ1n) is 15.7. The molecule has 53 heavy (non-hydrogen) atoms. The number of aliphatic imine (C=N–C) groups is 1. The number of nitrogens with zero attached hydrogens (tertiary/aromatic N) is 8. The molecule has 1 amide bonds. The minimum atomic E-state index is -0.572. The van der Waals surface area contributed by atoms with Gasteiger partial charge in [-0.3, -0.25) is 30.4 Å². The summed E-state index contributed by atoms with van der Waals surface area (Å²) in [5.74, 6) is -0.261. The maximum Gasteiger partial charge on any atom is 0.297 e. The van der Waals surface area contributed by atoms with E-state index in [4.69, 9.17) is 9.47 Å². The average Bonchev–Trinajstić information content (AvgIpc) is 3.45. The number of nitro benzene ring substituents is 2. The van der Waals surface area contributed by atoms with E-state index in [2.05, 4.69) is 36.0 Å². The van der Waals surface area contributed by atoms with Crippen LogP contribution in [0.4, 0.5) is 46.3 Å². The Balaban J connectivity index is 1.42. The summed E-state index contributed by atoms with van der Waals surface area (Å²) in [5.41, 5.74) is 5.21. The van der Waals surface area contributed by atoms with Crippen molar-refractivity contribution in [3.05, 3.63) is 128 Å². The fraction of sp³-hybridized carbons (Fsp3) is 0.114. The summed E-state index contributed by atoms with van der Waals surface area (Å²) in [4.78, 5) is 55.9. The zero-order valence-electron chi connectivity index (χ0n) is 28.7. The van der Waals surface area contributed by atoms with Crippen LogP contribution in [0, 0.1) is 20.2 Å². The molecule has 2 heterocycles. The molecule has 0 saturated carbocycles. The number of amides is 1. The second-order valence-electron chi connectivity index (χ2n) is 11.4. The van der Waals surface area contributed by atoms with Gasteiger partial charge >= 0.3 is 0 Å². The average molecular weight is 718 g/mol. The lowest BCUT2D eigenvalue weighted by Gasteiger charge is -2.20. The monoisotopic (exact) mass is 717 g/mol. The summed E-state index contributed by atoms with van der Waals surface area (Å²) < 4.78 is 10.8. The molecule has 3 N–H and O–H groups in total. The first kappa shape index (κ1) is 35.2. The molecule has 0 spiro atoms. The van der Waals surface area contributed by atoms with Crippen LogP contribution in [0.25, 0.3) is 6.08 Å². The van der Waals surface area contributed by atoms with Crippen molar-refractivity contribution in [2.45, 2.75) is 0 Å². The van der Waals surface area contributed by atoms with Gasteiger partial charge in [0.05, 0.1) is 35.4 Å². The Morgan fingerprint density at radius 3 is 1.75 bits per heavy atom. The molecule has 0 atom stereocenters. The largest absolute Gasteiger partial charge is 0.495 e. The number of methoxy groups -OCH3 is 2. The van der Waals surface area contributed by atoms with E-state index >= 15 is 0 Å². The highest BCUT2D eigenvalue weighted by molar-refractivity contribution is 6.20. The van der Waals surface area contributed by atoms with Gasteiger partial charge in [-0.15, -0.1) is 0 Å². The van der Waals surface area contributed by atoms with Crippen molar-refractivity contribution in [1.29, 1.82) is 0 Å². The third kappa shape index (κ3) is 7.91. The first-order chi connectivity index (χ1) is 25.5. The number of hydrogen-bond donors (Lipinski definition) is 3. The number of carbonyl (C=O) groups excluding carboxylic acids is 1. The van der Waals surface area contributed by atoms with E-state index in [1.165, 1.54) is 55.6 Å². The van der Waals surface area contributed by atoms with Gasteiger partial charge in [0.25, 0.3) is 17.3 Å². The number of carbonyl (C=O) groups is 1. The van der Waals surface area contributed by atoms with E-state index in [0.717, 1.165) is 11.3 Å². The zero-order chi connectivity index (χ0) is 37.6. The molecular formula is C35H31N11O7. The van der Waals surface area contributed by atoms with Crippen LogP contribution in [0.15, 0.2) is 102 Å². The second-order valence-corrected chi connectivity index (χ2v) is 11.4. The maximum absolute atomic E-state index is 14.0. The third-order valence-corrected chi connectivity index (χ3v) is 7.73. The number of amidine groups is 1. The first-order valence-corrected chi connectivity index (χ1v) is 15.7. The molecule has 4 aromatic carbocycles. The quantitative estimate of drug-likeness (QED) is 0.0733. The van der Waals surface area contributed by atoms with Gasteiger partial charge in [-0.25, -0.2) is 4.99 Å². The van der Waals surface area contributed by atoms with Crippen molar-refractivity contribution in [3.63, 3.8) is 0 Å².